The van der Waals surface area contributed by atoms with Crippen molar-refractivity contribution in [1.29, 1.82) is 0 Å². The summed E-state index contributed by atoms with van der Waals surface area (Å²) in [6, 6.07) is 2.10. The van der Waals surface area contributed by atoms with Gasteiger partial charge in [0.2, 0.25) is 5.91 Å². The summed E-state index contributed by atoms with van der Waals surface area (Å²) >= 11 is 6.05. The van der Waals surface area contributed by atoms with Crippen LogP contribution < -0.4 is 5.32 Å². The Labute approximate surface area is 133 Å². The van der Waals surface area contributed by atoms with E-state index in [1.807, 2.05) is 6.07 Å². The molecule has 4 heterocycles. The van der Waals surface area contributed by atoms with E-state index in [9.17, 15) is 4.79 Å². The third-order valence-electron chi connectivity index (χ3n) is 4.64. The molecule has 2 aromatic rings. The Morgan fingerprint density at radius 2 is 2.41 bits per heavy atom. The molecule has 116 valence electrons. The third kappa shape index (κ3) is 2.71. The lowest BCUT2D eigenvalue weighted by molar-refractivity contribution is -0.121. The van der Waals surface area contributed by atoms with E-state index in [1.165, 1.54) is 25.8 Å². The van der Waals surface area contributed by atoms with Gasteiger partial charge in [0.25, 0.3) is 0 Å². The molecule has 2 aromatic heterocycles. The van der Waals surface area contributed by atoms with Gasteiger partial charge in [0.05, 0.1) is 23.3 Å². The molecule has 2 aliphatic rings. The van der Waals surface area contributed by atoms with Crippen LogP contribution in [0.5, 0.6) is 0 Å². The second-order valence-electron chi connectivity index (χ2n) is 6.35. The SMILES string of the molecule is O=C(Cc1cc2c(Cl)coc2cn1)N[C@@H]1C[C@H]2CCN(C2)C1. The highest BCUT2D eigenvalue weighted by atomic mass is 35.5. The third-order valence-corrected chi connectivity index (χ3v) is 4.94. The zero-order chi connectivity index (χ0) is 15.1. The number of aromatic nitrogens is 1. The zero-order valence-corrected chi connectivity index (χ0v) is 13.0. The Morgan fingerprint density at radius 3 is 3.27 bits per heavy atom. The first-order valence-electron chi connectivity index (χ1n) is 7.71. The number of furan rings is 1. The number of hydrogen-bond donors (Lipinski definition) is 1. The van der Waals surface area contributed by atoms with Gasteiger partial charge in [-0.05, 0) is 31.4 Å². The van der Waals surface area contributed by atoms with Gasteiger partial charge in [0.15, 0.2) is 5.58 Å². The Bertz CT molecular complexity index is 702. The maximum Gasteiger partial charge on any atom is 0.226 e. The van der Waals surface area contributed by atoms with Gasteiger partial charge in [0.1, 0.15) is 6.26 Å². The first-order valence-corrected chi connectivity index (χ1v) is 8.08. The van der Waals surface area contributed by atoms with Crippen LogP contribution in [0, 0.1) is 5.92 Å². The van der Waals surface area contributed by atoms with Crippen molar-refractivity contribution in [1.82, 2.24) is 15.2 Å². The van der Waals surface area contributed by atoms with Crippen molar-refractivity contribution < 1.29 is 9.21 Å². The molecular weight excluding hydrogens is 302 g/mol. The molecule has 4 rings (SSSR count). The summed E-state index contributed by atoms with van der Waals surface area (Å²) in [5, 5.41) is 4.51. The summed E-state index contributed by atoms with van der Waals surface area (Å²) in [6.45, 7) is 3.35. The summed E-state index contributed by atoms with van der Waals surface area (Å²) in [5.74, 6) is 0.775. The number of carbonyl (C=O) groups excluding carboxylic acids is 1. The number of halogens is 1. The van der Waals surface area contributed by atoms with Crippen LogP contribution in [0.4, 0.5) is 0 Å². The number of nitrogens with zero attached hydrogens (tertiary/aromatic N) is 2. The fourth-order valence-corrected chi connectivity index (χ4v) is 3.84. The number of carbonyl (C=O) groups is 1. The van der Waals surface area contributed by atoms with E-state index in [-0.39, 0.29) is 18.4 Å². The monoisotopic (exact) mass is 319 g/mol. The number of rotatable bonds is 3. The maximum absolute atomic E-state index is 12.2. The molecule has 0 spiro atoms. The Kier molecular flexibility index (Phi) is 3.54. The van der Waals surface area contributed by atoms with E-state index < -0.39 is 0 Å². The number of amides is 1. The molecule has 5 nitrogen and oxygen atoms in total. The van der Waals surface area contributed by atoms with Crippen LogP contribution in [0.2, 0.25) is 5.02 Å². The summed E-state index contributed by atoms with van der Waals surface area (Å²) in [6.07, 6.45) is 5.75. The average molecular weight is 320 g/mol. The fraction of sp³-hybridized carbons (Fsp3) is 0.500. The van der Waals surface area contributed by atoms with Gasteiger partial charge < -0.3 is 14.6 Å². The minimum atomic E-state index is 0.0268. The minimum absolute atomic E-state index is 0.0268. The van der Waals surface area contributed by atoms with E-state index >= 15 is 0 Å². The second kappa shape index (κ2) is 5.56. The van der Waals surface area contributed by atoms with E-state index in [2.05, 4.69) is 15.2 Å². The van der Waals surface area contributed by atoms with Gasteiger partial charge in [-0.3, -0.25) is 9.78 Å². The van der Waals surface area contributed by atoms with Gasteiger partial charge in [0, 0.05) is 24.5 Å². The number of pyridine rings is 1. The van der Waals surface area contributed by atoms with Crippen molar-refractivity contribution >= 4 is 28.5 Å². The number of piperidine rings is 1. The zero-order valence-electron chi connectivity index (χ0n) is 12.2. The molecular formula is C16H18ClN3O2. The van der Waals surface area contributed by atoms with Gasteiger partial charge in [-0.1, -0.05) is 11.6 Å². The summed E-state index contributed by atoms with van der Waals surface area (Å²) in [7, 11) is 0. The predicted octanol–water partition coefficient (Wildman–Crippen LogP) is 2.23. The summed E-state index contributed by atoms with van der Waals surface area (Å²) in [4.78, 5) is 19.0. The van der Waals surface area contributed by atoms with E-state index in [1.54, 1.807) is 6.20 Å². The minimum Gasteiger partial charge on any atom is -0.461 e. The Balaban J connectivity index is 1.41. The lowest BCUT2D eigenvalue weighted by atomic mass is 9.97. The average Bonchev–Trinajstić information content (AvgIpc) is 3.02. The van der Waals surface area contributed by atoms with Crippen LogP contribution in [-0.4, -0.2) is 41.5 Å². The molecule has 2 bridgehead atoms. The molecule has 1 N–H and O–H groups in total. The first-order chi connectivity index (χ1) is 10.7. The smallest absolute Gasteiger partial charge is 0.226 e. The van der Waals surface area contributed by atoms with Crippen LogP contribution >= 0.6 is 11.6 Å². The van der Waals surface area contributed by atoms with Crippen LogP contribution in [0.15, 0.2) is 22.9 Å². The maximum atomic E-state index is 12.2. The Hall–Kier alpha value is -1.59. The topological polar surface area (TPSA) is 58.4 Å². The Morgan fingerprint density at radius 1 is 1.50 bits per heavy atom. The summed E-state index contributed by atoms with van der Waals surface area (Å²) in [5.41, 5.74) is 1.36. The van der Waals surface area contributed by atoms with Gasteiger partial charge in [-0.15, -0.1) is 0 Å². The van der Waals surface area contributed by atoms with Gasteiger partial charge in [-0.2, -0.15) is 0 Å². The van der Waals surface area contributed by atoms with Crippen LogP contribution in [0.25, 0.3) is 11.0 Å². The highest BCUT2D eigenvalue weighted by Gasteiger charge is 2.32. The van der Waals surface area contributed by atoms with Crippen molar-refractivity contribution in [3.8, 4) is 0 Å². The van der Waals surface area contributed by atoms with E-state index in [0.717, 1.165) is 24.3 Å². The van der Waals surface area contributed by atoms with Crippen molar-refractivity contribution in [2.24, 2.45) is 5.92 Å². The lowest BCUT2D eigenvalue weighted by Crippen LogP contribution is -2.47. The van der Waals surface area contributed by atoms with Crippen LogP contribution in [0.3, 0.4) is 0 Å². The molecule has 6 heteroatoms. The quantitative estimate of drug-likeness (QED) is 0.942. The molecule has 0 radical (unpaired) electrons. The number of nitrogens with one attached hydrogen (secondary N) is 1. The van der Waals surface area contributed by atoms with Crippen molar-refractivity contribution in [3.05, 3.63) is 29.2 Å². The standard InChI is InChI=1S/C16H18ClN3O2/c17-14-9-22-15-6-18-11(4-13(14)15)5-16(21)19-12-3-10-1-2-20(7-10)8-12/h4,6,9-10,12H,1-3,5,7-8H2,(H,19,21)/t10-,12-/m1/s1. The van der Waals surface area contributed by atoms with Gasteiger partial charge in [-0.25, -0.2) is 0 Å². The van der Waals surface area contributed by atoms with Crippen LogP contribution in [-0.2, 0) is 11.2 Å². The largest absolute Gasteiger partial charge is 0.461 e. The summed E-state index contributed by atoms with van der Waals surface area (Å²) < 4.78 is 5.26. The molecule has 3 atom stereocenters. The molecule has 0 aromatic carbocycles. The second-order valence-corrected chi connectivity index (χ2v) is 6.75. The highest BCUT2D eigenvalue weighted by molar-refractivity contribution is 6.35. The number of fused-ring (bicyclic) bond motifs is 3. The molecule has 1 amide bonds. The predicted molar refractivity (Wildman–Crippen MR) is 83.8 cm³/mol. The van der Waals surface area contributed by atoms with E-state index in [4.69, 9.17) is 16.0 Å². The van der Waals surface area contributed by atoms with Crippen molar-refractivity contribution in [2.45, 2.75) is 25.3 Å². The van der Waals surface area contributed by atoms with Crippen molar-refractivity contribution in [3.63, 3.8) is 0 Å². The molecule has 22 heavy (non-hydrogen) atoms. The number of hydrogen-bond acceptors (Lipinski definition) is 4. The molecule has 2 aliphatic heterocycles. The molecule has 2 fully saturated rings. The van der Waals surface area contributed by atoms with Crippen LogP contribution in [0.1, 0.15) is 18.5 Å². The molecule has 0 aliphatic carbocycles. The molecule has 1 unspecified atom stereocenters. The first kappa shape index (κ1) is 14.0. The lowest BCUT2D eigenvalue weighted by Gasteiger charge is -2.30. The van der Waals surface area contributed by atoms with Crippen molar-refractivity contribution in [2.75, 3.05) is 19.6 Å². The molecule has 2 saturated heterocycles. The van der Waals surface area contributed by atoms with Gasteiger partial charge >= 0.3 is 0 Å². The highest BCUT2D eigenvalue weighted by Crippen LogP contribution is 2.27. The molecule has 0 saturated carbocycles. The van der Waals surface area contributed by atoms with E-state index in [0.29, 0.717) is 16.3 Å². The fourth-order valence-electron chi connectivity index (χ4n) is 3.65. The normalized spacial score (nSPS) is 27.2.